The molecule has 0 saturated carbocycles. The zero-order valence-electron chi connectivity index (χ0n) is 16.6. The highest BCUT2D eigenvalue weighted by molar-refractivity contribution is 7.23. The minimum absolute atomic E-state index is 0.329. The van der Waals surface area contributed by atoms with Crippen LogP contribution in [0.25, 0.3) is 15.9 Å². The molecule has 1 N–H and O–H groups in total. The Morgan fingerprint density at radius 3 is 2.03 bits per heavy atom. The van der Waals surface area contributed by atoms with Gasteiger partial charge in [0.15, 0.2) is 0 Å². The maximum absolute atomic E-state index is 13.2. The molecule has 4 aromatic rings. The molecule has 0 atom stereocenters. The van der Waals surface area contributed by atoms with E-state index in [0.717, 1.165) is 35.7 Å². The Morgan fingerprint density at radius 1 is 0.839 bits per heavy atom. The number of thiophene rings is 1. The molecule has 1 aliphatic heterocycles. The number of hydrogen-bond acceptors (Lipinski definition) is 6. The molecule has 1 aliphatic rings. The van der Waals surface area contributed by atoms with Crippen LogP contribution in [0, 0.1) is 11.3 Å². The summed E-state index contributed by atoms with van der Waals surface area (Å²) in [6.45, 7) is 3.09. The van der Waals surface area contributed by atoms with Crippen LogP contribution < -0.4 is 21.0 Å². The second-order valence-corrected chi connectivity index (χ2v) is 8.31. The fourth-order valence-electron chi connectivity index (χ4n) is 3.99. The summed E-state index contributed by atoms with van der Waals surface area (Å²) in [6.07, 6.45) is 0. The van der Waals surface area contributed by atoms with Gasteiger partial charge in [-0.05, 0) is 24.3 Å². The van der Waals surface area contributed by atoms with Crippen LogP contribution in [0.15, 0.2) is 70.3 Å². The number of fused-ring (bicyclic) bond motifs is 1. The highest BCUT2D eigenvalue weighted by atomic mass is 32.1. The van der Waals surface area contributed by atoms with Gasteiger partial charge in [-0.15, -0.1) is 11.3 Å². The van der Waals surface area contributed by atoms with Crippen molar-refractivity contribution < 1.29 is 0 Å². The molecule has 7 nitrogen and oxygen atoms in total. The molecule has 2 aromatic carbocycles. The van der Waals surface area contributed by atoms with Crippen LogP contribution in [-0.2, 0) is 0 Å². The largest absolute Gasteiger partial charge is 0.368 e. The monoisotopic (exact) mass is 429 g/mol. The SMILES string of the molecule is N#Cc1c(N2CCN(c3ccccc3)CC2)sc2c(=O)n(-c3ccccc3)c(=O)[nH]c12. The molecule has 0 spiro atoms. The first-order valence-corrected chi connectivity index (χ1v) is 10.8. The van der Waals surface area contributed by atoms with E-state index < -0.39 is 11.2 Å². The molecule has 0 amide bonds. The third-order valence-corrected chi connectivity index (χ3v) is 6.77. The molecule has 1 fully saturated rings. The number of hydrogen-bond donors (Lipinski definition) is 1. The Hall–Kier alpha value is -3.83. The van der Waals surface area contributed by atoms with Crippen molar-refractivity contribution in [1.29, 1.82) is 5.26 Å². The van der Waals surface area contributed by atoms with Gasteiger partial charge in [0.25, 0.3) is 5.56 Å². The zero-order valence-corrected chi connectivity index (χ0v) is 17.4. The standard InChI is InChI=1S/C23H19N5O2S/c24-15-18-19-20(21(29)28(23(30)25-19)17-9-5-2-6-10-17)31-22(18)27-13-11-26(12-14-27)16-7-3-1-4-8-16/h1-10H,11-14H2,(H,25,30). The van der Waals surface area contributed by atoms with Crippen LogP contribution in [0.4, 0.5) is 10.7 Å². The number of nitrogens with zero attached hydrogens (tertiary/aromatic N) is 4. The Morgan fingerprint density at radius 2 is 1.42 bits per heavy atom. The van der Waals surface area contributed by atoms with E-state index in [1.807, 2.05) is 24.3 Å². The van der Waals surface area contributed by atoms with Gasteiger partial charge in [0.2, 0.25) is 0 Å². The van der Waals surface area contributed by atoms with Crippen molar-refractivity contribution in [2.45, 2.75) is 0 Å². The number of anilines is 2. The van der Waals surface area contributed by atoms with Crippen LogP contribution in [0.1, 0.15) is 5.56 Å². The minimum Gasteiger partial charge on any atom is -0.368 e. The lowest BCUT2D eigenvalue weighted by atomic mass is 10.2. The Bertz CT molecular complexity index is 1390. The molecule has 0 bridgehead atoms. The van der Waals surface area contributed by atoms with Gasteiger partial charge in [-0.25, -0.2) is 9.36 Å². The topological polar surface area (TPSA) is 85.1 Å². The maximum Gasteiger partial charge on any atom is 0.333 e. The van der Waals surface area contributed by atoms with E-state index in [4.69, 9.17) is 0 Å². The zero-order chi connectivity index (χ0) is 21.4. The summed E-state index contributed by atoms with van der Waals surface area (Å²) >= 11 is 1.28. The normalized spacial score (nSPS) is 14.0. The molecular weight excluding hydrogens is 410 g/mol. The van der Waals surface area contributed by atoms with E-state index in [9.17, 15) is 14.9 Å². The first kappa shape index (κ1) is 19.2. The lowest BCUT2D eigenvalue weighted by Gasteiger charge is -2.36. The molecular formula is C23H19N5O2S. The molecule has 8 heteroatoms. The number of piperazine rings is 1. The number of nitrogens with one attached hydrogen (secondary N) is 1. The van der Waals surface area contributed by atoms with Crippen molar-refractivity contribution in [3.05, 3.63) is 87.1 Å². The summed E-state index contributed by atoms with van der Waals surface area (Å²) < 4.78 is 1.51. The highest BCUT2D eigenvalue weighted by Crippen LogP contribution is 2.35. The number of aromatic amines is 1. The van der Waals surface area contributed by atoms with Crippen molar-refractivity contribution >= 4 is 32.2 Å². The van der Waals surface area contributed by atoms with E-state index in [-0.39, 0.29) is 0 Å². The van der Waals surface area contributed by atoms with E-state index in [2.05, 4.69) is 33.0 Å². The molecule has 0 aliphatic carbocycles. The summed E-state index contributed by atoms with van der Waals surface area (Å²) in [5.41, 5.74) is 1.42. The van der Waals surface area contributed by atoms with Gasteiger partial charge >= 0.3 is 5.69 Å². The van der Waals surface area contributed by atoms with Crippen LogP contribution >= 0.6 is 11.3 Å². The van der Waals surface area contributed by atoms with Crippen LogP contribution in [0.5, 0.6) is 0 Å². The predicted molar refractivity (Wildman–Crippen MR) is 124 cm³/mol. The van der Waals surface area contributed by atoms with E-state index in [0.29, 0.717) is 21.5 Å². The number of nitriles is 1. The third-order valence-electron chi connectivity index (χ3n) is 5.54. The van der Waals surface area contributed by atoms with Gasteiger partial charge in [-0.1, -0.05) is 36.4 Å². The number of rotatable bonds is 3. The molecule has 5 rings (SSSR count). The van der Waals surface area contributed by atoms with Crippen molar-refractivity contribution in [3.63, 3.8) is 0 Å². The summed E-state index contributed by atoms with van der Waals surface area (Å²) in [6, 6.07) is 21.2. The third kappa shape index (κ3) is 3.29. The van der Waals surface area contributed by atoms with Crippen molar-refractivity contribution in [3.8, 4) is 11.8 Å². The molecule has 31 heavy (non-hydrogen) atoms. The lowest BCUT2D eigenvalue weighted by molar-refractivity contribution is 0.657. The minimum atomic E-state index is -0.543. The van der Waals surface area contributed by atoms with Gasteiger partial charge in [-0.2, -0.15) is 5.26 Å². The van der Waals surface area contributed by atoms with Gasteiger partial charge in [-0.3, -0.25) is 4.79 Å². The van der Waals surface area contributed by atoms with Gasteiger partial charge in [0.05, 0.1) is 11.2 Å². The first-order valence-electron chi connectivity index (χ1n) is 9.99. The fraction of sp³-hybridized carbons (Fsp3) is 0.174. The second-order valence-electron chi connectivity index (χ2n) is 7.31. The van der Waals surface area contributed by atoms with Crippen LogP contribution in [-0.4, -0.2) is 35.7 Å². The van der Waals surface area contributed by atoms with E-state index in [1.54, 1.807) is 24.3 Å². The van der Waals surface area contributed by atoms with E-state index in [1.165, 1.54) is 17.0 Å². The summed E-state index contributed by atoms with van der Waals surface area (Å²) in [5, 5.41) is 10.6. The van der Waals surface area contributed by atoms with Crippen molar-refractivity contribution in [1.82, 2.24) is 9.55 Å². The number of benzene rings is 2. The Labute approximate surface area is 182 Å². The summed E-state index contributed by atoms with van der Waals surface area (Å²) in [4.78, 5) is 33.1. The molecule has 1 saturated heterocycles. The lowest BCUT2D eigenvalue weighted by Crippen LogP contribution is -2.46. The maximum atomic E-state index is 13.2. The number of aromatic nitrogens is 2. The van der Waals surface area contributed by atoms with Gasteiger partial charge < -0.3 is 14.8 Å². The quantitative estimate of drug-likeness (QED) is 0.541. The summed E-state index contributed by atoms with van der Waals surface area (Å²) in [7, 11) is 0. The highest BCUT2D eigenvalue weighted by Gasteiger charge is 2.25. The Kier molecular flexibility index (Phi) is 4.81. The average molecular weight is 430 g/mol. The smallest absolute Gasteiger partial charge is 0.333 e. The molecule has 0 radical (unpaired) electrons. The van der Waals surface area contributed by atoms with Crippen molar-refractivity contribution in [2.24, 2.45) is 0 Å². The molecule has 154 valence electrons. The molecule has 3 heterocycles. The number of para-hydroxylation sites is 2. The van der Waals surface area contributed by atoms with Gasteiger partial charge in [0.1, 0.15) is 21.3 Å². The van der Waals surface area contributed by atoms with E-state index >= 15 is 0 Å². The average Bonchev–Trinajstić information content (AvgIpc) is 3.19. The second kappa shape index (κ2) is 7.78. The molecule has 0 unspecified atom stereocenters. The predicted octanol–water partition coefficient (Wildman–Crippen LogP) is 2.94. The summed E-state index contributed by atoms with van der Waals surface area (Å²) in [5.74, 6) is 0. The van der Waals surface area contributed by atoms with Crippen molar-refractivity contribution in [2.75, 3.05) is 36.0 Å². The first-order chi connectivity index (χ1) is 15.2. The number of H-pyrrole nitrogens is 1. The van der Waals surface area contributed by atoms with Gasteiger partial charge in [0, 0.05) is 31.9 Å². The van der Waals surface area contributed by atoms with Crippen LogP contribution in [0.2, 0.25) is 0 Å². The Balaban J connectivity index is 1.53. The van der Waals surface area contributed by atoms with Crippen LogP contribution in [0.3, 0.4) is 0 Å². The fourth-order valence-corrected chi connectivity index (χ4v) is 5.18. The molecule has 2 aromatic heterocycles.